The molecule has 2 aromatic rings. The van der Waals surface area contributed by atoms with Gasteiger partial charge in [0, 0.05) is 37.2 Å². The van der Waals surface area contributed by atoms with Crippen LogP contribution in [0.2, 0.25) is 0 Å². The molecule has 0 unspecified atom stereocenters. The predicted molar refractivity (Wildman–Crippen MR) is 103 cm³/mol. The highest BCUT2D eigenvalue weighted by molar-refractivity contribution is 5.89. The third-order valence-corrected chi connectivity index (χ3v) is 4.30. The molecule has 1 aromatic heterocycles. The first-order chi connectivity index (χ1) is 11.5. The molecule has 0 saturated carbocycles. The number of benzene rings is 1. The Hall–Kier alpha value is -2.05. The standard InChI is InChI=1S/C18H26N4O2.ClH/c1-4-22(5-2)17(23)12-21(3)18(24)15(19)10-13-11-20-16-9-7-6-8-14(13)16;/h6-9,11,15,20H,4-5,10,12,19H2,1-3H3;1H/t15-;/m0./s1. The van der Waals surface area contributed by atoms with Crippen molar-refractivity contribution in [3.63, 3.8) is 0 Å². The Morgan fingerprint density at radius 3 is 2.48 bits per heavy atom. The van der Waals surface area contributed by atoms with Gasteiger partial charge in [0.1, 0.15) is 0 Å². The number of fused-ring (bicyclic) bond motifs is 1. The second-order valence-corrected chi connectivity index (χ2v) is 5.93. The number of carbonyl (C=O) groups is 2. The number of hydrogen-bond donors (Lipinski definition) is 2. The first kappa shape index (κ1) is 21.0. The molecule has 25 heavy (non-hydrogen) atoms. The summed E-state index contributed by atoms with van der Waals surface area (Å²) in [6.07, 6.45) is 2.32. The van der Waals surface area contributed by atoms with Gasteiger partial charge in [-0.15, -0.1) is 12.4 Å². The third-order valence-electron chi connectivity index (χ3n) is 4.30. The number of hydrogen-bond acceptors (Lipinski definition) is 3. The zero-order valence-corrected chi connectivity index (χ0v) is 15.8. The van der Waals surface area contributed by atoms with Gasteiger partial charge in [-0.1, -0.05) is 18.2 Å². The molecule has 138 valence electrons. The van der Waals surface area contributed by atoms with Crippen LogP contribution in [0.1, 0.15) is 19.4 Å². The highest BCUT2D eigenvalue weighted by Crippen LogP contribution is 2.19. The van der Waals surface area contributed by atoms with E-state index in [9.17, 15) is 9.59 Å². The Morgan fingerprint density at radius 1 is 1.20 bits per heavy atom. The van der Waals surface area contributed by atoms with E-state index in [1.54, 1.807) is 11.9 Å². The fourth-order valence-electron chi connectivity index (χ4n) is 2.86. The van der Waals surface area contributed by atoms with E-state index in [1.807, 2.05) is 44.3 Å². The van der Waals surface area contributed by atoms with Crippen LogP contribution >= 0.6 is 12.4 Å². The molecule has 2 amide bonds. The second-order valence-electron chi connectivity index (χ2n) is 5.93. The summed E-state index contributed by atoms with van der Waals surface area (Å²) in [6.45, 7) is 5.18. The van der Waals surface area contributed by atoms with Crippen molar-refractivity contribution in [3.05, 3.63) is 36.0 Å². The lowest BCUT2D eigenvalue weighted by atomic mass is 10.0. The van der Waals surface area contributed by atoms with E-state index in [0.29, 0.717) is 19.5 Å². The Balaban J connectivity index is 0.00000312. The van der Waals surface area contributed by atoms with Gasteiger partial charge in [-0.2, -0.15) is 0 Å². The Labute approximate surface area is 154 Å². The van der Waals surface area contributed by atoms with Gasteiger partial charge in [0.05, 0.1) is 12.6 Å². The molecular weight excluding hydrogens is 340 g/mol. The molecule has 1 aromatic carbocycles. The van der Waals surface area contributed by atoms with Crippen LogP contribution in [0.4, 0.5) is 0 Å². The van der Waals surface area contributed by atoms with Gasteiger partial charge in [-0.05, 0) is 31.9 Å². The molecule has 0 saturated heterocycles. The van der Waals surface area contributed by atoms with Gasteiger partial charge in [0.15, 0.2) is 0 Å². The molecule has 7 heteroatoms. The number of H-pyrrole nitrogens is 1. The molecule has 0 aliphatic heterocycles. The van der Waals surface area contributed by atoms with Gasteiger partial charge < -0.3 is 20.5 Å². The first-order valence-corrected chi connectivity index (χ1v) is 8.31. The van der Waals surface area contributed by atoms with Crippen molar-refractivity contribution >= 4 is 35.1 Å². The first-order valence-electron chi connectivity index (χ1n) is 8.31. The molecule has 2 rings (SSSR count). The molecule has 6 nitrogen and oxygen atoms in total. The number of halogens is 1. The summed E-state index contributed by atoms with van der Waals surface area (Å²) in [7, 11) is 1.62. The zero-order valence-electron chi connectivity index (χ0n) is 15.0. The van der Waals surface area contributed by atoms with Gasteiger partial charge in [0.2, 0.25) is 11.8 Å². The van der Waals surface area contributed by atoms with Crippen LogP contribution in [0.15, 0.2) is 30.5 Å². The highest BCUT2D eigenvalue weighted by Gasteiger charge is 2.22. The average molecular weight is 367 g/mol. The van der Waals surface area contributed by atoms with Crippen molar-refractivity contribution in [1.29, 1.82) is 0 Å². The number of aromatic nitrogens is 1. The maximum absolute atomic E-state index is 12.5. The zero-order chi connectivity index (χ0) is 17.7. The van der Waals surface area contributed by atoms with E-state index in [1.165, 1.54) is 4.90 Å². The van der Waals surface area contributed by atoms with Crippen molar-refractivity contribution in [1.82, 2.24) is 14.8 Å². The Kier molecular flexibility index (Phi) is 7.93. The van der Waals surface area contributed by atoms with E-state index in [0.717, 1.165) is 16.5 Å². The molecule has 0 spiro atoms. The molecular formula is C18H27ClN4O2. The lowest BCUT2D eigenvalue weighted by molar-refractivity contribution is -0.139. The maximum atomic E-state index is 12.5. The Morgan fingerprint density at radius 2 is 1.84 bits per heavy atom. The van der Waals surface area contributed by atoms with Gasteiger partial charge in [0.25, 0.3) is 0 Å². The summed E-state index contributed by atoms with van der Waals surface area (Å²) in [6, 6.07) is 7.24. The van der Waals surface area contributed by atoms with Crippen LogP contribution in [0, 0.1) is 0 Å². The second kappa shape index (κ2) is 9.44. The van der Waals surface area contributed by atoms with Crippen molar-refractivity contribution in [2.45, 2.75) is 26.3 Å². The monoisotopic (exact) mass is 366 g/mol. The molecule has 0 radical (unpaired) electrons. The number of likely N-dealkylation sites (N-methyl/N-ethyl adjacent to an activating group) is 2. The number of carbonyl (C=O) groups excluding carboxylic acids is 2. The number of nitrogens with zero attached hydrogens (tertiary/aromatic N) is 2. The fourth-order valence-corrected chi connectivity index (χ4v) is 2.86. The molecule has 0 aliphatic carbocycles. The minimum atomic E-state index is -0.668. The fraction of sp³-hybridized carbons (Fsp3) is 0.444. The van der Waals surface area contributed by atoms with E-state index in [2.05, 4.69) is 4.98 Å². The van der Waals surface area contributed by atoms with Gasteiger partial charge >= 0.3 is 0 Å². The highest BCUT2D eigenvalue weighted by atomic mass is 35.5. The normalized spacial score (nSPS) is 11.7. The number of nitrogens with one attached hydrogen (secondary N) is 1. The lowest BCUT2D eigenvalue weighted by Crippen LogP contribution is -2.47. The molecule has 1 atom stereocenters. The topological polar surface area (TPSA) is 82.4 Å². The summed E-state index contributed by atoms with van der Waals surface area (Å²) < 4.78 is 0. The summed E-state index contributed by atoms with van der Waals surface area (Å²) in [5.74, 6) is -0.282. The third kappa shape index (κ3) is 4.96. The van der Waals surface area contributed by atoms with Crippen molar-refractivity contribution in [3.8, 4) is 0 Å². The molecule has 0 fully saturated rings. The largest absolute Gasteiger partial charge is 0.361 e. The number of aromatic amines is 1. The summed E-state index contributed by atoms with van der Waals surface area (Å²) in [5.41, 5.74) is 8.12. The number of rotatable bonds is 7. The quantitative estimate of drug-likeness (QED) is 0.783. The van der Waals surface area contributed by atoms with Crippen LogP contribution in [0.25, 0.3) is 10.9 Å². The molecule has 0 aliphatic rings. The SMILES string of the molecule is CCN(CC)C(=O)CN(C)C(=O)[C@@H](N)Cc1c[nH]c2ccccc12.Cl. The van der Waals surface area contributed by atoms with Crippen molar-refractivity contribution in [2.24, 2.45) is 5.73 Å². The smallest absolute Gasteiger partial charge is 0.242 e. The Bertz CT molecular complexity index is 712. The van der Waals surface area contributed by atoms with Crippen LogP contribution < -0.4 is 5.73 Å². The van der Waals surface area contributed by atoms with Crippen LogP contribution in [0.3, 0.4) is 0 Å². The molecule has 0 bridgehead atoms. The summed E-state index contributed by atoms with van der Waals surface area (Å²) >= 11 is 0. The predicted octanol–water partition coefficient (Wildman–Crippen LogP) is 1.79. The number of nitrogens with two attached hydrogens (primary N) is 1. The van der Waals surface area contributed by atoms with E-state index >= 15 is 0 Å². The van der Waals surface area contributed by atoms with E-state index in [-0.39, 0.29) is 30.8 Å². The van der Waals surface area contributed by atoms with Gasteiger partial charge in [-0.25, -0.2) is 0 Å². The van der Waals surface area contributed by atoms with Crippen LogP contribution in [0.5, 0.6) is 0 Å². The van der Waals surface area contributed by atoms with Crippen LogP contribution in [-0.4, -0.2) is 59.3 Å². The van der Waals surface area contributed by atoms with Crippen molar-refractivity contribution in [2.75, 3.05) is 26.7 Å². The van der Waals surface area contributed by atoms with Crippen LogP contribution in [-0.2, 0) is 16.0 Å². The van der Waals surface area contributed by atoms with E-state index in [4.69, 9.17) is 5.73 Å². The maximum Gasteiger partial charge on any atom is 0.242 e. The van der Waals surface area contributed by atoms with E-state index < -0.39 is 6.04 Å². The number of amides is 2. The van der Waals surface area contributed by atoms with Crippen molar-refractivity contribution < 1.29 is 9.59 Å². The summed E-state index contributed by atoms with van der Waals surface area (Å²) in [4.78, 5) is 30.9. The summed E-state index contributed by atoms with van der Waals surface area (Å²) in [5, 5.41) is 1.07. The average Bonchev–Trinajstić information content (AvgIpc) is 2.98. The molecule has 3 N–H and O–H groups in total. The molecule has 1 heterocycles. The van der Waals surface area contributed by atoms with Gasteiger partial charge in [-0.3, -0.25) is 9.59 Å². The minimum Gasteiger partial charge on any atom is -0.361 e. The lowest BCUT2D eigenvalue weighted by Gasteiger charge is -2.25. The number of para-hydroxylation sites is 1. The minimum absolute atomic E-state index is 0.